The number of carbonyl (C=O) groups is 18. The molecule has 11 atom stereocenters. The number of hydrogen-bond acceptors (Lipinski definition) is 36. The lowest BCUT2D eigenvalue weighted by Crippen LogP contribution is -2.32. The van der Waals surface area contributed by atoms with Gasteiger partial charge in [0.1, 0.15) is 54.2 Å². The minimum atomic E-state index is -3.46. The molecule has 0 fully saturated rings. The molecule has 45 N–H and O–H groups in total. The molecule has 0 aromatic heterocycles. The highest BCUT2D eigenvalue weighted by molar-refractivity contribution is 6.34. The number of benzene rings is 9. The van der Waals surface area contributed by atoms with E-state index in [9.17, 15) is 86.3 Å². The fourth-order valence-corrected chi connectivity index (χ4v) is 10.2. The van der Waals surface area contributed by atoms with Crippen molar-refractivity contribution >= 4 is 261 Å². The Labute approximate surface area is 906 Å². The van der Waals surface area contributed by atoms with Crippen molar-refractivity contribution in [2.24, 2.45) is 51.6 Å². The first kappa shape index (κ1) is 83.2. The van der Waals surface area contributed by atoms with Crippen LogP contribution in [0.15, 0.2) is 163 Å². The van der Waals surface area contributed by atoms with E-state index in [-0.39, 0.29) is 75.8 Å². The lowest BCUT2D eigenvalue weighted by molar-refractivity contribution is -0.139. The summed E-state index contributed by atoms with van der Waals surface area (Å²) in [7, 11) is 0. The van der Waals surface area contributed by atoms with Gasteiger partial charge in [0.05, 0.1) is 28.8 Å². The van der Waals surface area contributed by atoms with E-state index in [4.69, 9.17) is 296 Å². The molecular weight excluding hydrogens is 2080 g/mol. The molecule has 0 aliphatic heterocycles. The normalized spacial score (nSPS) is 17.6. The number of carbonyl (C=O) groups excluding carboxylic acids is 9. The van der Waals surface area contributed by atoms with Crippen molar-refractivity contribution in [3.8, 4) is 0 Å². The number of nitrogens with two attached hydrogens (primary N) is 18. The van der Waals surface area contributed by atoms with Gasteiger partial charge in [0, 0.05) is 218 Å². The number of Topliss-reactive ketones (excluding diaryl/α,β-unsaturated/α-hetero) is 9. The first-order valence-corrected chi connectivity index (χ1v) is 40.6. The minimum Gasteiger partial charge on any atom is -0.480 e. The van der Waals surface area contributed by atoms with E-state index in [1.807, 2.05) is 0 Å². The summed E-state index contributed by atoms with van der Waals surface area (Å²) in [5, 5.41) is 77.6. The van der Waals surface area contributed by atoms with Gasteiger partial charge in [-0.3, -0.25) is 86.3 Å². The van der Waals surface area contributed by atoms with Gasteiger partial charge in [-0.25, -0.2) is 0 Å². The molecular formula is C90H99Cl9N18O27. The van der Waals surface area contributed by atoms with Crippen molar-refractivity contribution in [3.05, 3.63) is 259 Å². The molecule has 0 spiro atoms. The summed E-state index contributed by atoms with van der Waals surface area (Å²) in [5.74, 6) is -26.4. The van der Waals surface area contributed by atoms with Crippen molar-refractivity contribution in [1.82, 2.24) is 0 Å². The molecule has 144 heavy (non-hydrogen) atoms. The predicted molar refractivity (Wildman–Crippen MR) is 544 cm³/mol. The Bertz CT molecular complexity index is 7930. The summed E-state index contributed by atoms with van der Waals surface area (Å²) in [6.45, 7) is 0. The lowest BCUT2D eigenvalue weighted by atomic mass is 10.0. The zero-order valence-electron chi connectivity index (χ0n) is 103. The monoisotopic (exact) mass is 2210 g/mol. The molecule has 0 aliphatic carbocycles. The molecule has 0 bridgehead atoms. The second-order valence-electron chi connectivity index (χ2n) is 26.2. The maximum Gasteiger partial charge on any atom is 0.320 e. The summed E-state index contributed by atoms with van der Waals surface area (Å²) < 4.78 is 232. The molecule has 9 aromatic carbocycles. The van der Waals surface area contributed by atoms with Crippen molar-refractivity contribution in [2.45, 2.75) is 112 Å². The molecule has 45 nitrogen and oxygen atoms in total. The Kier molecular flexibility index (Phi) is 35.9. The maximum atomic E-state index is 12.2. The van der Waals surface area contributed by atoms with Gasteiger partial charge in [-0.2, -0.15) is 0 Å². The van der Waals surface area contributed by atoms with E-state index in [1.165, 1.54) is 66.7 Å². The molecule has 9 rings (SSSR count). The van der Waals surface area contributed by atoms with Crippen LogP contribution in [0, 0.1) is 0 Å². The Morgan fingerprint density at radius 1 is 0.222 bits per heavy atom. The van der Waals surface area contributed by atoms with Crippen molar-refractivity contribution in [3.63, 3.8) is 0 Å². The van der Waals surface area contributed by atoms with Crippen LogP contribution in [0.3, 0.4) is 0 Å². The van der Waals surface area contributed by atoms with Crippen LogP contribution in [0.1, 0.15) is 193 Å². The van der Waals surface area contributed by atoms with Crippen molar-refractivity contribution < 1.29 is 175 Å². The largest absolute Gasteiger partial charge is 0.480 e. The van der Waals surface area contributed by atoms with Crippen molar-refractivity contribution in [2.75, 3.05) is 51.6 Å². The Hall–Kier alpha value is -14.3. The lowest BCUT2D eigenvalue weighted by Gasteiger charge is -2.07. The fourth-order valence-electron chi connectivity index (χ4n) is 8.68. The van der Waals surface area contributed by atoms with E-state index in [2.05, 4.69) is 0 Å². The van der Waals surface area contributed by atoms with Gasteiger partial charge in [0.15, 0.2) is 52.0 Å². The second-order valence-corrected chi connectivity index (χ2v) is 29.9. The summed E-state index contributed by atoms with van der Waals surface area (Å²) in [6, 6.07) is -16.0. The highest BCUT2D eigenvalue weighted by Crippen LogP contribution is 2.29. The average Bonchev–Trinajstić information content (AvgIpc) is 0.753. The number of anilines is 9. The molecule has 0 saturated heterocycles. The van der Waals surface area contributed by atoms with Crippen LogP contribution in [0.25, 0.3) is 0 Å². The second kappa shape index (κ2) is 62.2. The minimum absolute atomic E-state index is 0.00550. The van der Waals surface area contributed by atoms with Gasteiger partial charge < -0.3 is 149 Å². The number of carboxylic acids is 9. The number of carboxylic acid groups (broad SMARTS) is 9. The molecule has 0 saturated carbocycles. The zero-order valence-corrected chi connectivity index (χ0v) is 78.9. The zero-order chi connectivity index (χ0) is 138. The SMILES string of the molecule is [2H]C(C(=O)c1ccc(Cl)cc1N)C([2H])(N)C(=O)O.[2H]C(N)(CC(=O)c1ccc(Cl)cc1N)C(=O)O.[2H]C([2H])(C(=O)c1ccc(Cl)cc1N)C(N)C(=O)O.[2H]C([2H])(C(=O)c1ccc(Cl)cc1N)C([2H])(N)C(=O)O.[2H]c1c(Cl)cc(N)c(C(=O)C([2H])([2H])C([2H])(N)C(=O)O)c1[2H].[2H]c1c([2H])c(C(=O)C([2H])([2H])C([2H])(N)C(=O)O)c(N)c([2H])c1Cl.[2H]c1c([2H])c(C(=O)C([2H])C([2H])(N)C(=O)O)c(N)c([2H])c1Cl.[2H]c1c([2H])c(C(=O)CC(N)C(=O)O)c(N)c([2H])c1Cl.[2H]c1c([2H])c(C(=O)CC([2H])(N)C(=O)O)c(N)c([2H])c1Cl. The third-order valence-corrected chi connectivity index (χ3v) is 17.4. The highest BCUT2D eigenvalue weighted by Gasteiger charge is 2.28. The van der Waals surface area contributed by atoms with Crippen molar-refractivity contribution in [1.29, 1.82) is 0 Å². The van der Waals surface area contributed by atoms with Crippen LogP contribution in [-0.2, 0) is 43.2 Å². The van der Waals surface area contributed by atoms with Gasteiger partial charge >= 0.3 is 53.7 Å². The number of hydrogen-bond donors (Lipinski definition) is 27. The Morgan fingerprint density at radius 3 is 0.681 bits per heavy atom. The van der Waals surface area contributed by atoms with Crippen LogP contribution >= 0.6 is 104 Å². The smallest absolute Gasteiger partial charge is 0.320 e. The van der Waals surface area contributed by atoms with Gasteiger partial charge in [-0.1, -0.05) is 104 Å². The number of aliphatic carboxylic acids is 9. The van der Waals surface area contributed by atoms with Gasteiger partial charge in [0.2, 0.25) is 0 Å². The Balaban J connectivity index is 0.000000985. The number of ketones is 9. The maximum absolute atomic E-state index is 12.2. The number of halogens is 9. The number of rotatable bonds is 36. The molecule has 774 valence electrons. The standard InChI is InChI=1S/9C10H11ClN2O3/c9*11-5-1-2-6(7(12)3-5)9(14)4-8(13)10(15)16/h9*1-3,8H,4,12-13H2,(H,15,16)/i1D,2D,3D,4D2,8D;1D,2D,3D,4D,8D;1D,2D,4D2,8D;1D,2D,3D,8D;1D,2D,3D;4D2,8D;4D,8D;8D;4D2. The van der Waals surface area contributed by atoms with Crippen LogP contribution in [-0.4, -0.2) is 206 Å². The van der Waals surface area contributed by atoms with E-state index >= 15 is 0 Å². The van der Waals surface area contributed by atoms with Crippen LogP contribution in [0.5, 0.6) is 0 Å². The topological polar surface area (TPSA) is 958 Å². The van der Waals surface area contributed by atoms with Gasteiger partial charge in [-0.15, -0.1) is 0 Å². The predicted octanol–water partition coefficient (Wildman–Crippen LogP) is 8.16. The first-order chi connectivity index (χ1) is 78.9. The third-order valence-electron chi connectivity index (χ3n) is 15.5. The van der Waals surface area contributed by atoms with Gasteiger partial charge in [0.25, 0.3) is 0 Å². The third kappa shape index (κ3) is 46.2. The van der Waals surface area contributed by atoms with Crippen LogP contribution in [0.4, 0.5) is 51.2 Å². The van der Waals surface area contributed by atoms with E-state index in [1.54, 1.807) is 0 Å². The molecule has 0 radical (unpaired) electrons. The van der Waals surface area contributed by atoms with Crippen LogP contribution < -0.4 is 103 Å². The highest BCUT2D eigenvalue weighted by atomic mass is 35.5. The average molecular weight is 2220 g/mol. The molecule has 0 heterocycles. The summed E-state index contributed by atoms with van der Waals surface area (Å²) >= 11 is 50.6. The molecule has 11 unspecified atom stereocenters. The Morgan fingerprint density at radius 2 is 0.417 bits per heavy atom. The van der Waals surface area contributed by atoms with E-state index < -0.39 is 363 Å². The molecule has 54 heteroatoms. The number of nitrogen functional groups attached to an aromatic ring is 9. The van der Waals surface area contributed by atoms with E-state index in [0.29, 0.717) is 10.0 Å². The summed E-state index contributed by atoms with van der Waals surface area (Å²) in [6.07, 6.45) is -19.2. The molecule has 0 aliphatic rings. The van der Waals surface area contributed by atoms with E-state index in [0.717, 1.165) is 12.1 Å². The summed E-state index contributed by atoms with van der Waals surface area (Å²) in [4.78, 5) is 204. The molecule has 9 aromatic rings. The molecule has 0 amide bonds. The quantitative estimate of drug-likeness (QED) is 0.0130. The first-order valence-electron chi connectivity index (χ1n) is 52.8. The fraction of sp³-hybridized carbons (Fsp3) is 0.200. The van der Waals surface area contributed by atoms with Gasteiger partial charge in [-0.05, 0) is 163 Å². The summed E-state index contributed by atoms with van der Waals surface area (Å²) in [5.41, 5.74) is 89.4. The van der Waals surface area contributed by atoms with Crippen LogP contribution in [0.2, 0.25) is 45.2 Å².